The molecule has 0 amide bonds. The minimum Gasteiger partial charge on any atom is -0.670 e. The van der Waals surface area contributed by atoms with Crippen molar-refractivity contribution in [2.75, 3.05) is 14.2 Å². The molecular formula is C48H46NO6-. The van der Waals surface area contributed by atoms with Gasteiger partial charge >= 0.3 is 0 Å². The Morgan fingerprint density at radius 3 is 2.13 bits per heavy atom. The molecule has 55 heavy (non-hydrogen) atoms. The zero-order valence-corrected chi connectivity index (χ0v) is 31.2. The first-order chi connectivity index (χ1) is 26.8. The van der Waals surface area contributed by atoms with Gasteiger partial charge in [0.1, 0.15) is 5.78 Å². The van der Waals surface area contributed by atoms with E-state index in [4.69, 9.17) is 9.47 Å². The molecule has 0 aliphatic carbocycles. The summed E-state index contributed by atoms with van der Waals surface area (Å²) < 4.78 is 11.2. The number of fused-ring (bicyclic) bond motifs is 2. The Labute approximate surface area is 321 Å². The largest absolute Gasteiger partial charge is 0.670 e. The zero-order chi connectivity index (χ0) is 38.3. The summed E-state index contributed by atoms with van der Waals surface area (Å²) in [6.07, 6.45) is 4.90. The lowest BCUT2D eigenvalue weighted by molar-refractivity contribution is -0.125. The van der Waals surface area contributed by atoms with Gasteiger partial charge in [0, 0.05) is 24.3 Å². The number of Topliss-reactive ketones (excluding diaryl/α,β-unsaturated/α-hetero) is 1. The molecule has 3 unspecified atom stereocenters. The number of hydrogen-bond acceptors (Lipinski definition) is 6. The van der Waals surface area contributed by atoms with E-state index in [0.29, 0.717) is 43.6 Å². The monoisotopic (exact) mass is 732 g/mol. The average molecular weight is 733 g/mol. The number of hydrogen-bond donors (Lipinski definition) is 3. The number of aromatic hydroxyl groups is 2. The fourth-order valence-electron chi connectivity index (χ4n) is 7.90. The van der Waals surface area contributed by atoms with Crippen LogP contribution in [0.25, 0.3) is 21.5 Å². The molecule has 0 radical (unpaired) electrons. The van der Waals surface area contributed by atoms with E-state index in [-0.39, 0.29) is 29.6 Å². The number of carbonyl (C=O) groups excluding carboxylic acids is 1. The van der Waals surface area contributed by atoms with Crippen LogP contribution in [0.3, 0.4) is 0 Å². The molecule has 0 aliphatic rings. The van der Waals surface area contributed by atoms with Crippen LogP contribution < -0.4 is 14.5 Å². The molecule has 7 aromatic rings. The van der Waals surface area contributed by atoms with Crippen LogP contribution in [0.4, 0.5) is 0 Å². The zero-order valence-electron chi connectivity index (χ0n) is 31.2. The predicted octanol–water partition coefficient (Wildman–Crippen LogP) is 8.79. The maximum Gasteiger partial charge on any atom is 0.164 e. The standard InChI is InChI=1S/C48H46NO6/c1-54-47-26-32(15-18-43(47)50)24-39(23-31-14-16-34-8-3-4-10-36(34)22-31)45(52)29-46(53)40(25-33-20-21-49-30-33)27-38-17-19-44(51)48(55-2)42(38)28-37-12-7-11-35-9-5-6-13-41(35)37/h3-22,26,30,39-40,46,50-51,53H,23-25,27-29H2,1-2H3/q-1. The van der Waals surface area contributed by atoms with Crippen LogP contribution in [0.15, 0.2) is 134 Å². The lowest BCUT2D eigenvalue weighted by Gasteiger charge is -2.27. The van der Waals surface area contributed by atoms with Gasteiger partial charge < -0.3 is 29.8 Å². The molecule has 0 fully saturated rings. The highest BCUT2D eigenvalue weighted by atomic mass is 16.5. The van der Waals surface area contributed by atoms with Gasteiger partial charge in [-0.15, -0.1) is 0 Å². The van der Waals surface area contributed by atoms with E-state index in [2.05, 4.69) is 59.6 Å². The quantitative estimate of drug-likeness (QED) is 0.0911. The number of phenols is 2. The topological polar surface area (TPSA) is 110 Å². The molecule has 7 heteroatoms. The number of methoxy groups -OCH3 is 2. The molecule has 3 N–H and O–H groups in total. The van der Waals surface area contributed by atoms with Crippen molar-refractivity contribution in [1.82, 2.24) is 4.98 Å². The minimum absolute atomic E-state index is 0.0367. The SMILES string of the molecule is COc1cc(CC(Cc2ccc3ccccc3c2)C(=O)CC(O)C(Cc2cc[n-]c2)Cc2ccc(O)c(OC)c2Cc2cccc3ccccc23)ccc1O. The lowest BCUT2D eigenvalue weighted by Crippen LogP contribution is -2.31. The second kappa shape index (κ2) is 17.0. The third-order valence-electron chi connectivity index (χ3n) is 10.8. The predicted molar refractivity (Wildman–Crippen MR) is 217 cm³/mol. The van der Waals surface area contributed by atoms with Gasteiger partial charge in [-0.05, 0) is 93.6 Å². The Bertz CT molecular complexity index is 2400. The number of aliphatic hydroxyl groups is 1. The number of phenolic OH excluding ortho intramolecular Hbond substituents is 2. The van der Waals surface area contributed by atoms with Crippen molar-refractivity contribution in [2.24, 2.45) is 11.8 Å². The molecule has 1 heterocycles. The van der Waals surface area contributed by atoms with Crippen molar-refractivity contribution >= 4 is 27.3 Å². The van der Waals surface area contributed by atoms with Gasteiger partial charge in [-0.2, -0.15) is 12.4 Å². The van der Waals surface area contributed by atoms with E-state index in [1.807, 2.05) is 48.5 Å². The van der Waals surface area contributed by atoms with Gasteiger partial charge in [-0.1, -0.05) is 109 Å². The number of benzene rings is 6. The molecule has 1 aromatic heterocycles. The molecule has 7 nitrogen and oxygen atoms in total. The smallest absolute Gasteiger partial charge is 0.164 e. The van der Waals surface area contributed by atoms with Gasteiger partial charge in [-0.3, -0.25) is 4.79 Å². The van der Waals surface area contributed by atoms with Crippen molar-refractivity contribution in [1.29, 1.82) is 0 Å². The van der Waals surface area contributed by atoms with Crippen molar-refractivity contribution in [3.05, 3.63) is 167 Å². The number of ether oxygens (including phenoxy) is 2. The number of rotatable bonds is 16. The van der Waals surface area contributed by atoms with Crippen LogP contribution in [0.5, 0.6) is 23.0 Å². The lowest BCUT2D eigenvalue weighted by atomic mass is 9.81. The fourth-order valence-corrected chi connectivity index (χ4v) is 7.90. The normalized spacial score (nSPS) is 13.1. The summed E-state index contributed by atoms with van der Waals surface area (Å²) >= 11 is 0. The Hall–Kier alpha value is -6.05. The maximum atomic E-state index is 14.5. The minimum atomic E-state index is -0.971. The van der Waals surface area contributed by atoms with Crippen LogP contribution in [-0.2, 0) is 36.9 Å². The molecule has 6 aromatic carbocycles. The highest BCUT2D eigenvalue weighted by Crippen LogP contribution is 2.38. The molecule has 7 rings (SSSR count). The maximum absolute atomic E-state index is 14.5. The van der Waals surface area contributed by atoms with Gasteiger partial charge in [0.2, 0.25) is 0 Å². The highest BCUT2D eigenvalue weighted by molar-refractivity contribution is 5.86. The first-order valence-corrected chi connectivity index (χ1v) is 18.7. The molecule has 0 saturated heterocycles. The van der Waals surface area contributed by atoms with Crippen molar-refractivity contribution in [3.8, 4) is 23.0 Å². The van der Waals surface area contributed by atoms with Crippen LogP contribution >= 0.6 is 0 Å². The highest BCUT2D eigenvalue weighted by Gasteiger charge is 2.29. The molecular weight excluding hydrogens is 687 g/mol. The van der Waals surface area contributed by atoms with Crippen molar-refractivity contribution < 1.29 is 29.6 Å². The number of carbonyl (C=O) groups is 1. The summed E-state index contributed by atoms with van der Waals surface area (Å²) in [5.74, 6) is 0.0141. The Morgan fingerprint density at radius 2 is 1.36 bits per heavy atom. The molecule has 280 valence electrons. The second-order valence-corrected chi connectivity index (χ2v) is 14.4. The van der Waals surface area contributed by atoms with Crippen molar-refractivity contribution in [3.63, 3.8) is 0 Å². The van der Waals surface area contributed by atoms with E-state index in [0.717, 1.165) is 54.9 Å². The van der Waals surface area contributed by atoms with Crippen molar-refractivity contribution in [2.45, 2.75) is 44.6 Å². The summed E-state index contributed by atoms with van der Waals surface area (Å²) in [6.45, 7) is 0. The van der Waals surface area contributed by atoms with Crippen LogP contribution in [0, 0.1) is 11.8 Å². The van der Waals surface area contributed by atoms with Crippen LogP contribution in [0.2, 0.25) is 0 Å². The van der Waals surface area contributed by atoms with Gasteiger partial charge in [-0.25, -0.2) is 0 Å². The summed E-state index contributed by atoms with van der Waals surface area (Å²) in [5, 5.41) is 37.8. The van der Waals surface area contributed by atoms with E-state index in [1.165, 1.54) is 7.11 Å². The van der Waals surface area contributed by atoms with E-state index >= 15 is 0 Å². The van der Waals surface area contributed by atoms with Gasteiger partial charge in [0.15, 0.2) is 23.0 Å². The summed E-state index contributed by atoms with van der Waals surface area (Å²) in [5.41, 5.74) is 5.74. The summed E-state index contributed by atoms with van der Waals surface area (Å²) in [4.78, 5) is 18.8. The van der Waals surface area contributed by atoms with Gasteiger partial charge in [0.25, 0.3) is 0 Å². The fraction of sp³-hybridized carbons (Fsp3) is 0.229. The third kappa shape index (κ3) is 8.69. The Morgan fingerprint density at radius 1 is 0.655 bits per heavy atom. The third-order valence-corrected chi connectivity index (χ3v) is 10.8. The molecule has 0 spiro atoms. The second-order valence-electron chi connectivity index (χ2n) is 14.4. The first kappa shape index (κ1) is 37.3. The van der Waals surface area contributed by atoms with E-state index in [1.54, 1.807) is 37.7 Å². The summed E-state index contributed by atoms with van der Waals surface area (Å²) in [6, 6.07) is 39.5. The Balaban J connectivity index is 1.19. The van der Waals surface area contributed by atoms with Crippen LogP contribution in [0.1, 0.15) is 39.8 Å². The van der Waals surface area contributed by atoms with Gasteiger partial charge in [0.05, 0.1) is 20.3 Å². The van der Waals surface area contributed by atoms with E-state index < -0.39 is 12.0 Å². The summed E-state index contributed by atoms with van der Waals surface area (Å²) in [7, 11) is 3.07. The number of nitrogens with zero attached hydrogens (tertiary/aromatic N) is 1. The number of aromatic nitrogens is 1. The number of aliphatic hydroxyl groups excluding tert-OH is 1. The molecule has 0 bridgehead atoms. The first-order valence-electron chi connectivity index (χ1n) is 18.7. The molecule has 3 atom stereocenters. The Kier molecular flexibility index (Phi) is 11.5. The molecule has 0 aliphatic heterocycles. The van der Waals surface area contributed by atoms with E-state index in [9.17, 15) is 20.1 Å². The molecule has 0 saturated carbocycles. The average Bonchev–Trinajstić information content (AvgIpc) is 3.72. The van der Waals surface area contributed by atoms with Crippen LogP contribution in [-0.4, -0.2) is 41.4 Å². The number of ketones is 1.